The van der Waals surface area contributed by atoms with Gasteiger partial charge in [-0.1, -0.05) is 35.9 Å². The van der Waals surface area contributed by atoms with Crippen LogP contribution in [0.15, 0.2) is 30.4 Å². The van der Waals surface area contributed by atoms with Crippen molar-refractivity contribution >= 4 is 0 Å². The van der Waals surface area contributed by atoms with Crippen LogP contribution in [0.2, 0.25) is 0 Å². The molecule has 1 aromatic carbocycles. The molecule has 0 saturated carbocycles. The van der Waals surface area contributed by atoms with Gasteiger partial charge in [0.25, 0.3) is 0 Å². The summed E-state index contributed by atoms with van der Waals surface area (Å²) in [4.78, 5) is 0. The van der Waals surface area contributed by atoms with E-state index in [0.29, 0.717) is 0 Å². The first kappa shape index (κ1) is 11.0. The molecular weight excluding hydrogens is 172 g/mol. The van der Waals surface area contributed by atoms with Crippen LogP contribution in [0.5, 0.6) is 0 Å². The van der Waals surface area contributed by atoms with Crippen molar-refractivity contribution in [3.05, 3.63) is 47.0 Å². The van der Waals surface area contributed by atoms with Gasteiger partial charge in [-0.2, -0.15) is 0 Å². The Morgan fingerprint density at radius 3 is 2.50 bits per heavy atom. The Labute approximate surface area is 85.8 Å². The molecule has 0 aliphatic carbocycles. The molecule has 0 saturated heterocycles. The lowest BCUT2D eigenvalue weighted by molar-refractivity contribution is 0.624. The Morgan fingerprint density at radius 1 is 1.43 bits per heavy atom. The van der Waals surface area contributed by atoms with E-state index in [1.165, 1.54) is 16.7 Å². The molecule has 0 radical (unpaired) electrons. The van der Waals surface area contributed by atoms with Gasteiger partial charge in [-0.05, 0) is 31.9 Å². The molecule has 2 heteroatoms. The lowest BCUT2D eigenvalue weighted by Crippen LogP contribution is -2.29. The second-order valence-corrected chi connectivity index (χ2v) is 3.81. The fourth-order valence-electron chi connectivity index (χ4n) is 1.65. The van der Waals surface area contributed by atoms with Crippen LogP contribution in [0.25, 0.3) is 0 Å². The maximum Gasteiger partial charge on any atom is 0.0667 e. The molecule has 3 N–H and O–H groups in total. The number of hydrogen-bond donors (Lipinski definition) is 2. The Kier molecular flexibility index (Phi) is 3.44. The van der Waals surface area contributed by atoms with Gasteiger partial charge in [-0.25, -0.2) is 5.43 Å². The number of hydrogen-bond acceptors (Lipinski definition) is 2. The van der Waals surface area contributed by atoms with E-state index in [4.69, 9.17) is 5.84 Å². The predicted molar refractivity (Wildman–Crippen MR) is 60.8 cm³/mol. The van der Waals surface area contributed by atoms with Crippen molar-refractivity contribution in [2.24, 2.45) is 5.84 Å². The molecule has 1 aromatic rings. The molecule has 0 bridgehead atoms. The summed E-state index contributed by atoms with van der Waals surface area (Å²) in [5.74, 6) is 5.50. The summed E-state index contributed by atoms with van der Waals surface area (Å²) in [7, 11) is 0. The van der Waals surface area contributed by atoms with Gasteiger partial charge in [-0.15, -0.1) is 0 Å². The molecule has 14 heavy (non-hydrogen) atoms. The molecule has 2 nitrogen and oxygen atoms in total. The first-order valence-corrected chi connectivity index (χ1v) is 4.75. The van der Waals surface area contributed by atoms with Crippen molar-refractivity contribution in [1.82, 2.24) is 5.43 Å². The molecule has 0 aromatic heterocycles. The highest BCUT2D eigenvalue weighted by Crippen LogP contribution is 2.23. The van der Waals surface area contributed by atoms with Crippen LogP contribution in [0.4, 0.5) is 0 Å². The van der Waals surface area contributed by atoms with E-state index in [9.17, 15) is 0 Å². The van der Waals surface area contributed by atoms with E-state index < -0.39 is 0 Å². The molecule has 0 heterocycles. The number of benzene rings is 1. The number of nitrogens with one attached hydrogen (secondary N) is 1. The zero-order chi connectivity index (χ0) is 10.7. The number of rotatable bonds is 3. The number of aryl methyl sites for hydroxylation is 2. The average Bonchev–Trinajstić information content (AvgIpc) is 2.09. The van der Waals surface area contributed by atoms with Crippen molar-refractivity contribution in [1.29, 1.82) is 0 Å². The summed E-state index contributed by atoms with van der Waals surface area (Å²) in [6, 6.07) is 6.40. The molecule has 1 unspecified atom stereocenters. The van der Waals surface area contributed by atoms with E-state index >= 15 is 0 Å². The smallest absolute Gasteiger partial charge is 0.0667 e. The predicted octanol–water partition coefficient (Wildman–Crippen LogP) is 2.38. The Balaban J connectivity index is 3.10. The lowest BCUT2D eigenvalue weighted by atomic mass is 9.96. The SMILES string of the molecule is C=C(C)C(NN)c1ccc(C)cc1C. The second-order valence-electron chi connectivity index (χ2n) is 3.81. The Morgan fingerprint density at radius 2 is 2.07 bits per heavy atom. The van der Waals surface area contributed by atoms with Crippen molar-refractivity contribution < 1.29 is 0 Å². The van der Waals surface area contributed by atoms with Gasteiger partial charge in [0.1, 0.15) is 0 Å². The van der Waals surface area contributed by atoms with Gasteiger partial charge in [-0.3, -0.25) is 5.84 Å². The van der Waals surface area contributed by atoms with E-state index in [0.717, 1.165) is 5.57 Å². The summed E-state index contributed by atoms with van der Waals surface area (Å²) in [6.07, 6.45) is 0. The largest absolute Gasteiger partial charge is 0.271 e. The minimum atomic E-state index is 0.0515. The van der Waals surface area contributed by atoms with Crippen LogP contribution in [-0.4, -0.2) is 0 Å². The van der Waals surface area contributed by atoms with Crippen molar-refractivity contribution in [2.75, 3.05) is 0 Å². The normalized spacial score (nSPS) is 12.6. The molecule has 76 valence electrons. The maximum atomic E-state index is 5.50. The highest BCUT2D eigenvalue weighted by molar-refractivity contribution is 5.36. The summed E-state index contributed by atoms with van der Waals surface area (Å²) < 4.78 is 0. The van der Waals surface area contributed by atoms with Crippen LogP contribution >= 0.6 is 0 Å². The third kappa shape index (κ3) is 2.22. The molecule has 0 aliphatic rings. The van der Waals surface area contributed by atoms with Gasteiger partial charge in [0.2, 0.25) is 0 Å². The van der Waals surface area contributed by atoms with Gasteiger partial charge in [0.15, 0.2) is 0 Å². The van der Waals surface area contributed by atoms with E-state index in [-0.39, 0.29) is 6.04 Å². The maximum absolute atomic E-state index is 5.50. The fraction of sp³-hybridized carbons (Fsp3) is 0.333. The molecular formula is C12H18N2. The van der Waals surface area contributed by atoms with E-state index in [1.807, 2.05) is 6.92 Å². The van der Waals surface area contributed by atoms with Crippen LogP contribution in [-0.2, 0) is 0 Å². The Bertz CT molecular complexity index is 342. The van der Waals surface area contributed by atoms with Crippen LogP contribution in [0.1, 0.15) is 29.7 Å². The van der Waals surface area contributed by atoms with E-state index in [2.05, 4.69) is 44.1 Å². The molecule has 0 fully saturated rings. The molecule has 1 atom stereocenters. The highest BCUT2D eigenvalue weighted by atomic mass is 15.2. The summed E-state index contributed by atoms with van der Waals surface area (Å²) in [5.41, 5.74) is 7.52. The van der Waals surface area contributed by atoms with Crippen LogP contribution < -0.4 is 11.3 Å². The fourth-order valence-corrected chi connectivity index (χ4v) is 1.65. The Hall–Kier alpha value is -1.12. The zero-order valence-corrected chi connectivity index (χ0v) is 9.09. The lowest BCUT2D eigenvalue weighted by Gasteiger charge is -2.18. The number of hydrazine groups is 1. The van der Waals surface area contributed by atoms with Crippen molar-refractivity contribution in [3.8, 4) is 0 Å². The number of nitrogens with two attached hydrogens (primary N) is 1. The molecule has 0 aliphatic heterocycles. The standard InChI is InChI=1S/C12H18N2/c1-8(2)12(14-13)11-6-5-9(3)7-10(11)4/h5-7,12,14H,1,13H2,2-4H3. The van der Waals surface area contributed by atoms with E-state index in [1.54, 1.807) is 0 Å². The van der Waals surface area contributed by atoms with Crippen molar-refractivity contribution in [3.63, 3.8) is 0 Å². The van der Waals surface area contributed by atoms with Gasteiger partial charge >= 0.3 is 0 Å². The molecule has 0 spiro atoms. The summed E-state index contributed by atoms with van der Waals surface area (Å²) >= 11 is 0. The third-order valence-electron chi connectivity index (χ3n) is 2.40. The quantitative estimate of drug-likeness (QED) is 0.436. The highest BCUT2D eigenvalue weighted by Gasteiger charge is 2.11. The monoisotopic (exact) mass is 190 g/mol. The third-order valence-corrected chi connectivity index (χ3v) is 2.40. The second kappa shape index (κ2) is 4.40. The van der Waals surface area contributed by atoms with Crippen molar-refractivity contribution in [2.45, 2.75) is 26.8 Å². The van der Waals surface area contributed by atoms with Crippen LogP contribution in [0, 0.1) is 13.8 Å². The van der Waals surface area contributed by atoms with Crippen LogP contribution in [0.3, 0.4) is 0 Å². The summed E-state index contributed by atoms with van der Waals surface area (Å²) in [5, 5.41) is 0. The van der Waals surface area contributed by atoms with Gasteiger partial charge in [0.05, 0.1) is 6.04 Å². The van der Waals surface area contributed by atoms with Gasteiger partial charge in [0, 0.05) is 0 Å². The zero-order valence-electron chi connectivity index (χ0n) is 9.09. The minimum Gasteiger partial charge on any atom is -0.271 e. The first-order chi connectivity index (χ1) is 6.56. The first-order valence-electron chi connectivity index (χ1n) is 4.75. The van der Waals surface area contributed by atoms with Gasteiger partial charge < -0.3 is 0 Å². The topological polar surface area (TPSA) is 38.0 Å². The molecule has 1 rings (SSSR count). The average molecular weight is 190 g/mol. The molecule has 0 amide bonds. The summed E-state index contributed by atoms with van der Waals surface area (Å²) in [6.45, 7) is 10.1. The minimum absolute atomic E-state index is 0.0515.